The smallest absolute Gasteiger partial charge is 0.265 e. The van der Waals surface area contributed by atoms with Gasteiger partial charge in [0.1, 0.15) is 0 Å². The molecule has 22 heavy (non-hydrogen) atoms. The van der Waals surface area contributed by atoms with Crippen LogP contribution in [0.25, 0.3) is 0 Å². The number of carbonyl (C=O) groups excluding carboxylic acids is 2. The third-order valence-corrected chi connectivity index (χ3v) is 4.22. The molecule has 0 fully saturated rings. The molecule has 2 rings (SSSR count). The molecule has 8 heteroatoms. The lowest BCUT2D eigenvalue weighted by Gasteiger charge is -2.11. The van der Waals surface area contributed by atoms with E-state index in [1.165, 1.54) is 13.0 Å². The van der Waals surface area contributed by atoms with Crippen LogP contribution in [0.3, 0.4) is 0 Å². The Morgan fingerprint density at radius 1 is 1.14 bits per heavy atom. The second-order valence-corrected chi connectivity index (χ2v) is 7.29. The van der Waals surface area contributed by atoms with Crippen molar-refractivity contribution in [2.45, 2.75) is 6.92 Å². The molecule has 0 bridgehead atoms. The third kappa shape index (κ3) is 4.15. The second-order valence-electron chi connectivity index (χ2n) is 4.63. The Labute approximate surface area is 132 Å². The molecule has 116 valence electrons. The van der Waals surface area contributed by atoms with E-state index < -0.39 is 15.9 Å². The van der Waals surface area contributed by atoms with Crippen molar-refractivity contribution in [1.29, 1.82) is 0 Å². The lowest BCUT2D eigenvalue weighted by molar-refractivity contribution is 0.101. The zero-order valence-corrected chi connectivity index (χ0v) is 13.5. The Morgan fingerprint density at radius 3 is 2.32 bits per heavy atom. The van der Waals surface area contributed by atoms with Crippen molar-refractivity contribution in [3.63, 3.8) is 0 Å². The number of benzene rings is 1. The monoisotopic (exact) mass is 338 g/mol. The number of carbonyl (C=O) groups is 2. The van der Waals surface area contributed by atoms with E-state index >= 15 is 0 Å². The van der Waals surface area contributed by atoms with Crippen LogP contribution < -0.4 is 10.0 Å². The number of sulfonamides is 1. The summed E-state index contributed by atoms with van der Waals surface area (Å²) in [6.07, 6.45) is 1.03. The average molecular weight is 338 g/mol. The maximum absolute atomic E-state index is 12.2. The summed E-state index contributed by atoms with van der Waals surface area (Å²) in [7, 11) is -3.45. The minimum absolute atomic E-state index is 0.116. The van der Waals surface area contributed by atoms with E-state index in [0.717, 1.165) is 17.6 Å². The van der Waals surface area contributed by atoms with Gasteiger partial charge in [0, 0.05) is 10.9 Å². The molecule has 1 heterocycles. The van der Waals surface area contributed by atoms with Crippen LogP contribution >= 0.6 is 11.3 Å². The molecule has 0 atom stereocenters. The van der Waals surface area contributed by atoms with Crippen LogP contribution in [0.1, 0.15) is 27.0 Å². The summed E-state index contributed by atoms with van der Waals surface area (Å²) in [6.45, 7) is 1.43. The topological polar surface area (TPSA) is 92.3 Å². The summed E-state index contributed by atoms with van der Waals surface area (Å²) in [5, 5.41) is 4.24. The Bertz CT molecular complexity index is 825. The first-order valence-corrected chi connectivity index (χ1v) is 9.01. The quantitative estimate of drug-likeness (QED) is 0.820. The van der Waals surface area contributed by atoms with Gasteiger partial charge in [0.25, 0.3) is 5.91 Å². The van der Waals surface area contributed by atoms with Crippen LogP contribution in [-0.2, 0) is 10.0 Å². The molecule has 0 unspecified atom stereocenters. The second kappa shape index (κ2) is 6.29. The number of nitrogens with one attached hydrogen (secondary N) is 2. The van der Waals surface area contributed by atoms with E-state index in [1.807, 2.05) is 0 Å². The van der Waals surface area contributed by atoms with Crippen LogP contribution in [0.2, 0.25) is 0 Å². The number of rotatable bonds is 5. The standard InChI is InChI=1S/C14H14N2O4S2/c1-9(17)10-7-13(21-8-10)14(18)15-11-5-3-4-6-12(11)16-22(2,19)20/h3-8,16H,1-2H3,(H,15,18). The van der Waals surface area contributed by atoms with E-state index in [0.29, 0.717) is 16.1 Å². The predicted octanol–water partition coefficient (Wildman–Crippen LogP) is 2.57. The van der Waals surface area contributed by atoms with E-state index in [9.17, 15) is 18.0 Å². The molecule has 2 N–H and O–H groups in total. The van der Waals surface area contributed by atoms with Gasteiger partial charge in [-0.15, -0.1) is 11.3 Å². The number of hydrogen-bond acceptors (Lipinski definition) is 5. The number of Topliss-reactive ketones (excluding diaryl/α,β-unsaturated/α-hetero) is 1. The molecular weight excluding hydrogens is 324 g/mol. The highest BCUT2D eigenvalue weighted by molar-refractivity contribution is 7.92. The Kier molecular flexibility index (Phi) is 4.62. The molecule has 6 nitrogen and oxygen atoms in total. The van der Waals surface area contributed by atoms with Crippen molar-refractivity contribution in [3.05, 3.63) is 46.2 Å². The molecule has 0 radical (unpaired) electrons. The molecule has 0 aliphatic heterocycles. The largest absolute Gasteiger partial charge is 0.319 e. The van der Waals surface area contributed by atoms with Gasteiger partial charge in [-0.1, -0.05) is 12.1 Å². The van der Waals surface area contributed by atoms with Crippen molar-refractivity contribution >= 4 is 44.4 Å². The number of hydrogen-bond donors (Lipinski definition) is 2. The third-order valence-electron chi connectivity index (χ3n) is 2.70. The number of ketones is 1. The van der Waals surface area contributed by atoms with Gasteiger partial charge in [-0.2, -0.15) is 0 Å². The molecule has 0 saturated heterocycles. The van der Waals surface area contributed by atoms with Gasteiger partial charge in [-0.05, 0) is 25.1 Å². The number of amides is 1. The van der Waals surface area contributed by atoms with Gasteiger partial charge < -0.3 is 5.32 Å². The highest BCUT2D eigenvalue weighted by atomic mass is 32.2. The zero-order valence-electron chi connectivity index (χ0n) is 11.9. The van der Waals surface area contributed by atoms with Crippen molar-refractivity contribution < 1.29 is 18.0 Å². The van der Waals surface area contributed by atoms with E-state index in [-0.39, 0.29) is 11.5 Å². The molecule has 0 aliphatic carbocycles. The summed E-state index contributed by atoms with van der Waals surface area (Å²) in [5.74, 6) is -0.519. The summed E-state index contributed by atoms with van der Waals surface area (Å²) in [4.78, 5) is 23.8. The fraction of sp³-hybridized carbons (Fsp3) is 0.143. The molecule has 1 amide bonds. The number of thiophene rings is 1. The minimum atomic E-state index is -3.45. The SMILES string of the molecule is CC(=O)c1csc(C(=O)Nc2ccccc2NS(C)(=O)=O)c1. The van der Waals surface area contributed by atoms with E-state index in [2.05, 4.69) is 10.0 Å². The fourth-order valence-corrected chi connectivity index (χ4v) is 3.12. The van der Waals surface area contributed by atoms with Crippen molar-refractivity contribution in [2.75, 3.05) is 16.3 Å². The van der Waals surface area contributed by atoms with Crippen LogP contribution in [0.5, 0.6) is 0 Å². The first kappa shape index (κ1) is 16.2. The highest BCUT2D eigenvalue weighted by Gasteiger charge is 2.14. The summed E-state index contributed by atoms with van der Waals surface area (Å²) < 4.78 is 25.0. The summed E-state index contributed by atoms with van der Waals surface area (Å²) >= 11 is 1.15. The molecule has 2 aromatic rings. The van der Waals surface area contributed by atoms with Gasteiger partial charge in [0.15, 0.2) is 5.78 Å². The van der Waals surface area contributed by atoms with Crippen LogP contribution in [0, 0.1) is 0 Å². The fourth-order valence-electron chi connectivity index (χ4n) is 1.70. The normalized spacial score (nSPS) is 11.0. The first-order valence-electron chi connectivity index (χ1n) is 6.24. The van der Waals surface area contributed by atoms with Crippen molar-refractivity contribution in [3.8, 4) is 0 Å². The lowest BCUT2D eigenvalue weighted by Crippen LogP contribution is -2.15. The molecular formula is C14H14N2O4S2. The van der Waals surface area contributed by atoms with Crippen molar-refractivity contribution in [2.24, 2.45) is 0 Å². The Morgan fingerprint density at radius 2 is 1.77 bits per heavy atom. The number of para-hydroxylation sites is 2. The van der Waals surface area contributed by atoms with E-state index in [1.54, 1.807) is 29.6 Å². The summed E-state index contributed by atoms with van der Waals surface area (Å²) in [6, 6.07) is 7.98. The zero-order chi connectivity index (χ0) is 16.3. The molecule has 1 aromatic heterocycles. The van der Waals surface area contributed by atoms with Crippen LogP contribution in [-0.4, -0.2) is 26.4 Å². The minimum Gasteiger partial charge on any atom is -0.319 e. The summed E-state index contributed by atoms with van der Waals surface area (Å²) in [5.41, 5.74) is 1.09. The van der Waals surface area contributed by atoms with Gasteiger partial charge >= 0.3 is 0 Å². The van der Waals surface area contributed by atoms with Crippen LogP contribution in [0.15, 0.2) is 35.7 Å². The average Bonchev–Trinajstić information content (AvgIpc) is 2.89. The molecule has 0 aliphatic rings. The lowest BCUT2D eigenvalue weighted by atomic mass is 10.2. The van der Waals surface area contributed by atoms with Gasteiger partial charge in [-0.3, -0.25) is 14.3 Å². The van der Waals surface area contributed by atoms with Gasteiger partial charge in [0.2, 0.25) is 10.0 Å². The van der Waals surface area contributed by atoms with Gasteiger partial charge in [-0.25, -0.2) is 8.42 Å². The Hall–Kier alpha value is -2.19. The molecule has 0 saturated carbocycles. The van der Waals surface area contributed by atoms with Gasteiger partial charge in [0.05, 0.1) is 22.5 Å². The van der Waals surface area contributed by atoms with Crippen LogP contribution in [0.4, 0.5) is 11.4 Å². The maximum atomic E-state index is 12.2. The molecule has 0 spiro atoms. The van der Waals surface area contributed by atoms with E-state index in [4.69, 9.17) is 0 Å². The predicted molar refractivity (Wildman–Crippen MR) is 87.2 cm³/mol. The van der Waals surface area contributed by atoms with Crippen molar-refractivity contribution in [1.82, 2.24) is 0 Å². The molecule has 1 aromatic carbocycles. The maximum Gasteiger partial charge on any atom is 0.265 e. The number of anilines is 2. The highest BCUT2D eigenvalue weighted by Crippen LogP contribution is 2.24. The Balaban J connectivity index is 2.23. The first-order chi connectivity index (χ1) is 10.3.